The summed E-state index contributed by atoms with van der Waals surface area (Å²) in [5.74, 6) is 1.42. The highest BCUT2D eigenvalue weighted by Crippen LogP contribution is 2.42. The van der Waals surface area contributed by atoms with Gasteiger partial charge in [0.15, 0.2) is 0 Å². The van der Waals surface area contributed by atoms with Crippen LogP contribution >= 0.6 is 0 Å². The van der Waals surface area contributed by atoms with Crippen LogP contribution < -0.4 is 5.32 Å². The van der Waals surface area contributed by atoms with Crippen LogP contribution in [0.5, 0.6) is 0 Å². The van der Waals surface area contributed by atoms with E-state index in [1.165, 1.54) is 12.8 Å². The first-order valence-corrected chi connectivity index (χ1v) is 9.99. The van der Waals surface area contributed by atoms with Gasteiger partial charge in [-0.25, -0.2) is 4.68 Å². The van der Waals surface area contributed by atoms with Gasteiger partial charge in [-0.2, -0.15) is 5.10 Å². The molecule has 2 saturated carbocycles. The predicted molar refractivity (Wildman–Crippen MR) is 103 cm³/mol. The maximum absolute atomic E-state index is 12.7. The van der Waals surface area contributed by atoms with Gasteiger partial charge < -0.3 is 9.73 Å². The van der Waals surface area contributed by atoms with Crippen molar-refractivity contribution < 1.29 is 9.21 Å². The zero-order valence-electron chi connectivity index (χ0n) is 15.9. The molecule has 1 aromatic carbocycles. The molecule has 2 fully saturated rings. The van der Waals surface area contributed by atoms with Crippen molar-refractivity contribution in [2.75, 3.05) is 0 Å². The fourth-order valence-electron chi connectivity index (χ4n) is 3.89. The Morgan fingerprint density at radius 2 is 1.96 bits per heavy atom. The highest BCUT2D eigenvalue weighted by molar-refractivity contribution is 5.95. The van der Waals surface area contributed by atoms with Crippen molar-refractivity contribution in [3.8, 4) is 17.3 Å². The van der Waals surface area contributed by atoms with Crippen molar-refractivity contribution >= 4 is 5.91 Å². The van der Waals surface area contributed by atoms with E-state index in [4.69, 9.17) is 9.52 Å². The molecule has 0 saturated heterocycles. The normalized spacial score (nSPS) is 17.2. The van der Waals surface area contributed by atoms with Crippen LogP contribution in [0.3, 0.4) is 0 Å². The van der Waals surface area contributed by atoms with E-state index in [2.05, 4.69) is 15.5 Å². The summed E-state index contributed by atoms with van der Waals surface area (Å²) < 4.78 is 7.46. The molecule has 0 atom stereocenters. The Balaban J connectivity index is 1.47. The number of benzene rings is 1. The van der Waals surface area contributed by atoms with Gasteiger partial charge >= 0.3 is 0 Å². The quantitative estimate of drug-likeness (QED) is 0.731. The first-order chi connectivity index (χ1) is 13.7. The summed E-state index contributed by atoms with van der Waals surface area (Å²) in [4.78, 5) is 12.7. The molecule has 1 N–H and O–H groups in total. The first kappa shape index (κ1) is 17.2. The van der Waals surface area contributed by atoms with Crippen molar-refractivity contribution in [3.05, 3.63) is 47.5 Å². The lowest BCUT2D eigenvalue weighted by molar-refractivity contribution is 0.0938. The summed E-state index contributed by atoms with van der Waals surface area (Å²) in [6.45, 7) is 1.77. The molecular formula is C21H23N5O2. The van der Waals surface area contributed by atoms with E-state index in [-0.39, 0.29) is 5.91 Å². The monoisotopic (exact) mass is 377 g/mol. The van der Waals surface area contributed by atoms with Gasteiger partial charge in [0.2, 0.25) is 5.89 Å². The van der Waals surface area contributed by atoms with Gasteiger partial charge in [0.25, 0.3) is 11.8 Å². The minimum absolute atomic E-state index is 0.0124. The minimum Gasteiger partial charge on any atom is -0.420 e. The maximum atomic E-state index is 12.7. The number of nitrogens with one attached hydrogen (secondary N) is 1. The second kappa shape index (κ2) is 6.89. The van der Waals surface area contributed by atoms with Crippen LogP contribution in [0, 0.1) is 6.92 Å². The van der Waals surface area contributed by atoms with Gasteiger partial charge in [-0.05, 0) is 49.9 Å². The van der Waals surface area contributed by atoms with Gasteiger partial charge in [0.1, 0.15) is 5.69 Å². The number of aromatic nitrogens is 4. The first-order valence-electron chi connectivity index (χ1n) is 9.99. The van der Waals surface area contributed by atoms with Crippen LogP contribution in [0.2, 0.25) is 0 Å². The molecule has 0 bridgehead atoms. The molecule has 1 amide bonds. The summed E-state index contributed by atoms with van der Waals surface area (Å²) in [6, 6.07) is 9.98. The van der Waals surface area contributed by atoms with Crippen molar-refractivity contribution in [1.82, 2.24) is 25.3 Å². The van der Waals surface area contributed by atoms with E-state index in [0.29, 0.717) is 35.0 Å². The molecule has 0 unspecified atom stereocenters. The second-order valence-electron chi connectivity index (χ2n) is 7.77. The molecule has 0 radical (unpaired) electrons. The summed E-state index contributed by atoms with van der Waals surface area (Å²) in [5.41, 5.74) is 3.34. The Morgan fingerprint density at radius 3 is 2.68 bits per heavy atom. The van der Waals surface area contributed by atoms with Gasteiger partial charge in [-0.1, -0.05) is 18.9 Å². The van der Waals surface area contributed by atoms with E-state index in [1.807, 2.05) is 35.0 Å². The smallest absolute Gasteiger partial charge is 0.268 e. The van der Waals surface area contributed by atoms with Crippen LogP contribution in [0.1, 0.15) is 66.4 Å². The minimum atomic E-state index is -0.0124. The topological polar surface area (TPSA) is 85.8 Å². The molecule has 144 valence electrons. The zero-order chi connectivity index (χ0) is 19.1. The number of hydrogen-bond donors (Lipinski definition) is 1. The third-order valence-corrected chi connectivity index (χ3v) is 5.52. The number of hydrogen-bond acceptors (Lipinski definition) is 5. The highest BCUT2D eigenvalue weighted by Gasteiger charge is 2.30. The van der Waals surface area contributed by atoms with Crippen LogP contribution in [0.4, 0.5) is 0 Å². The molecule has 2 aliphatic rings. The zero-order valence-corrected chi connectivity index (χ0v) is 15.9. The van der Waals surface area contributed by atoms with E-state index in [1.54, 1.807) is 6.92 Å². The highest BCUT2D eigenvalue weighted by atomic mass is 16.4. The van der Waals surface area contributed by atoms with Crippen LogP contribution in [0.15, 0.2) is 34.7 Å². The van der Waals surface area contributed by atoms with Gasteiger partial charge in [0.05, 0.1) is 5.69 Å². The van der Waals surface area contributed by atoms with E-state index >= 15 is 0 Å². The third kappa shape index (κ3) is 3.32. The fraction of sp³-hybridized carbons (Fsp3) is 0.429. The average molecular weight is 377 g/mol. The standard InChI is InChI=1S/C21H23N5O2/c1-13-23-24-21(28-13)18-12-19(14-9-10-14)26(25-18)17-8-4-5-15(11-17)20(27)22-16-6-2-3-7-16/h4-5,8,11-12,14,16H,2-3,6-7,9-10H2,1H3,(H,22,27). The van der Waals surface area contributed by atoms with Gasteiger partial charge in [0, 0.05) is 30.1 Å². The Bertz CT molecular complexity index is 1010. The lowest BCUT2D eigenvalue weighted by atomic mass is 10.1. The Morgan fingerprint density at radius 1 is 1.14 bits per heavy atom. The summed E-state index contributed by atoms with van der Waals surface area (Å²) >= 11 is 0. The molecule has 0 spiro atoms. The number of carbonyl (C=O) groups is 1. The molecular weight excluding hydrogens is 354 g/mol. The Hall–Kier alpha value is -2.96. The van der Waals surface area contributed by atoms with Crippen molar-refractivity contribution in [2.45, 2.75) is 57.4 Å². The largest absolute Gasteiger partial charge is 0.420 e. The molecule has 2 heterocycles. The maximum Gasteiger partial charge on any atom is 0.268 e. The van der Waals surface area contributed by atoms with Gasteiger partial charge in [-0.15, -0.1) is 10.2 Å². The number of carbonyl (C=O) groups excluding carboxylic acids is 1. The van der Waals surface area contributed by atoms with Crippen molar-refractivity contribution in [1.29, 1.82) is 0 Å². The number of amides is 1. The van der Waals surface area contributed by atoms with Crippen LogP contribution in [0.25, 0.3) is 17.3 Å². The Kier molecular flexibility index (Phi) is 4.22. The van der Waals surface area contributed by atoms with Crippen molar-refractivity contribution in [2.24, 2.45) is 0 Å². The molecule has 2 aliphatic carbocycles. The number of nitrogens with zero attached hydrogens (tertiary/aromatic N) is 4. The SMILES string of the molecule is Cc1nnc(-c2cc(C3CC3)n(-c3cccc(C(=O)NC4CCCC4)c3)n2)o1. The summed E-state index contributed by atoms with van der Waals surface area (Å²) in [7, 11) is 0. The molecule has 5 rings (SSSR count). The molecule has 3 aromatic rings. The summed E-state index contributed by atoms with van der Waals surface area (Å²) in [5, 5.41) is 15.9. The average Bonchev–Trinajstić information content (AvgIpc) is 3.09. The molecule has 2 aromatic heterocycles. The number of aryl methyl sites for hydroxylation is 1. The molecule has 0 aliphatic heterocycles. The lowest BCUT2D eigenvalue weighted by Crippen LogP contribution is -2.32. The molecule has 28 heavy (non-hydrogen) atoms. The molecule has 7 heteroatoms. The Labute approximate surface area is 163 Å². The van der Waals surface area contributed by atoms with E-state index < -0.39 is 0 Å². The van der Waals surface area contributed by atoms with Gasteiger partial charge in [-0.3, -0.25) is 4.79 Å². The van der Waals surface area contributed by atoms with Crippen molar-refractivity contribution in [3.63, 3.8) is 0 Å². The second-order valence-corrected chi connectivity index (χ2v) is 7.77. The van der Waals surface area contributed by atoms with E-state index in [0.717, 1.165) is 37.1 Å². The number of rotatable bonds is 5. The summed E-state index contributed by atoms with van der Waals surface area (Å²) in [6.07, 6.45) is 6.83. The fourth-order valence-corrected chi connectivity index (χ4v) is 3.89. The van der Waals surface area contributed by atoms with Crippen LogP contribution in [-0.2, 0) is 0 Å². The molecule has 7 nitrogen and oxygen atoms in total. The van der Waals surface area contributed by atoms with Crippen LogP contribution in [-0.4, -0.2) is 31.9 Å². The third-order valence-electron chi connectivity index (χ3n) is 5.52. The van der Waals surface area contributed by atoms with E-state index in [9.17, 15) is 4.79 Å². The predicted octanol–water partition coefficient (Wildman–Crippen LogP) is 3.78. The lowest BCUT2D eigenvalue weighted by Gasteiger charge is -2.13.